The van der Waals surface area contributed by atoms with E-state index in [-0.39, 0.29) is 83.6 Å². The maximum atomic E-state index is 14.5. The van der Waals surface area contributed by atoms with E-state index in [0.29, 0.717) is 37.1 Å². The number of nitrogens with one attached hydrogen (secondary N) is 2. The molecule has 0 radical (unpaired) electrons. The van der Waals surface area contributed by atoms with E-state index in [2.05, 4.69) is 10.6 Å². The van der Waals surface area contributed by atoms with Crippen molar-refractivity contribution in [3.8, 4) is 5.75 Å². The van der Waals surface area contributed by atoms with Crippen LogP contribution in [0.2, 0.25) is 5.02 Å². The Labute approximate surface area is 503 Å². The van der Waals surface area contributed by atoms with Crippen LogP contribution in [0.3, 0.4) is 0 Å². The van der Waals surface area contributed by atoms with Crippen LogP contribution in [0, 0.1) is 17.8 Å². The molecule has 5 N–H and O–H groups in total. The van der Waals surface area contributed by atoms with Gasteiger partial charge in [-0.3, -0.25) is 28.8 Å². The molecule has 0 aliphatic carbocycles. The fourth-order valence-corrected chi connectivity index (χ4v) is 12.2. The van der Waals surface area contributed by atoms with Crippen molar-refractivity contribution in [3.05, 3.63) is 75.8 Å². The number of halogens is 1. The van der Waals surface area contributed by atoms with Crippen molar-refractivity contribution < 1.29 is 80.4 Å². The third-order valence-corrected chi connectivity index (χ3v) is 17.8. The van der Waals surface area contributed by atoms with E-state index in [1.165, 1.54) is 59.2 Å². The van der Waals surface area contributed by atoms with E-state index < -0.39 is 124 Å². The molecule has 0 saturated carbocycles. The molecular weight excluding hydrogens is 1140 g/mol. The van der Waals surface area contributed by atoms with E-state index in [1.807, 2.05) is 13.0 Å². The SMILES string of the molecule is COc1cc2cc(c1Cl)N(C)C(=O)C[C@H](OC(=O)[C@H](C)N(C)C(=O)c1ccc(CC(=O)[C@H](CCCNC(N)=O)NC(=O)[C@@H](CC(=O)CCCCC(C)=O)C(C)C)c(S(C)(=O)=O)c1)[C@]1(C)O[C@H]1[C@H](C)[C@@H]1C[C@@](O)(CC(=O)O1)[C@H](OC)/C=C/C=C(\C)C2. The van der Waals surface area contributed by atoms with E-state index in [1.54, 1.807) is 52.0 Å². The van der Waals surface area contributed by atoms with Crippen LogP contribution < -0.4 is 26.0 Å². The Morgan fingerprint density at radius 1 is 1.02 bits per heavy atom. The molecule has 0 spiro atoms. The van der Waals surface area contributed by atoms with Crippen molar-refractivity contribution in [1.29, 1.82) is 0 Å². The number of hydrogen-bond donors (Lipinski definition) is 4. The third kappa shape index (κ3) is 18.3. The maximum Gasteiger partial charge on any atom is 0.328 e. The summed E-state index contributed by atoms with van der Waals surface area (Å²) in [5, 5.41) is 17.4. The first-order valence-electron chi connectivity index (χ1n) is 28.5. The number of methoxy groups -OCH3 is 2. The Kier molecular flexibility index (Phi) is 24.2. The molecule has 5 rings (SSSR count). The minimum Gasteiger partial charge on any atom is -0.495 e. The Hall–Kier alpha value is -6.53. The number of nitrogens with two attached hydrogens (primary N) is 1. The van der Waals surface area contributed by atoms with Gasteiger partial charge in [0.15, 0.2) is 15.6 Å². The molecule has 2 saturated heterocycles. The van der Waals surface area contributed by atoms with Gasteiger partial charge in [0.2, 0.25) is 11.8 Å². The number of aliphatic hydroxyl groups is 1. The van der Waals surface area contributed by atoms with Gasteiger partial charge in [-0.2, -0.15) is 0 Å². The lowest BCUT2D eigenvalue weighted by Gasteiger charge is -2.41. The molecule has 22 nitrogen and oxygen atoms in total. The summed E-state index contributed by atoms with van der Waals surface area (Å²) < 4.78 is 56.7. The lowest BCUT2D eigenvalue weighted by Crippen LogP contribution is -2.53. The molecule has 468 valence electrons. The van der Waals surface area contributed by atoms with Gasteiger partial charge in [0.25, 0.3) is 5.91 Å². The summed E-state index contributed by atoms with van der Waals surface area (Å²) in [6.07, 6.45) is 2.65. The van der Waals surface area contributed by atoms with Crippen LogP contribution in [-0.4, -0.2) is 160 Å². The topological polar surface area (TPSA) is 314 Å². The number of ketones is 3. The summed E-state index contributed by atoms with van der Waals surface area (Å²) in [7, 11) is 1.49. The number of anilines is 1. The number of amides is 5. The number of rotatable bonds is 24. The number of allylic oxidation sites excluding steroid dienone is 3. The van der Waals surface area contributed by atoms with Crippen molar-refractivity contribution in [2.24, 2.45) is 23.5 Å². The molecule has 4 bridgehead atoms. The highest BCUT2D eigenvalue weighted by Crippen LogP contribution is 2.50. The number of ether oxygens (including phenoxy) is 5. The first-order valence-corrected chi connectivity index (χ1v) is 30.8. The standard InChI is InChI=1S/C61H84ClN5O17S/c1-34(2)43(30-42(69)19-14-13-18-36(4)68)56(73)65-44(20-16-24-64-59(63)76)46(70)28-40-22-23-41(29-49(40)85(12,78)79)57(74)66(8)38(6)58(75)83-51-31-52(71)67(9)45-26-39(27-47(80-10)54(45)62)25-35(3)17-15-21-50(81-11)61(77)32-48(82-53(72)33-61)37(5)55-60(51,7)84-55/h15,17,21-23,26-27,29,34,37-38,43-44,48,50-51,55,77H,13-14,16,18-20,24-25,28,30-33H2,1-12H3,(H,65,73)(H3,63,64,76)/b21-15+,35-17+/t37-,38+,43+,44+,48+,50-,51+,55+,60+,61-/m1/s1. The summed E-state index contributed by atoms with van der Waals surface area (Å²) in [6, 6.07) is 3.74. The van der Waals surface area contributed by atoms with Crippen molar-refractivity contribution in [2.45, 2.75) is 178 Å². The van der Waals surface area contributed by atoms with Gasteiger partial charge in [0.1, 0.15) is 57.9 Å². The number of hydrogen-bond acceptors (Lipinski definition) is 17. The van der Waals surface area contributed by atoms with Crippen LogP contribution >= 0.6 is 11.6 Å². The van der Waals surface area contributed by atoms with Gasteiger partial charge in [0.05, 0.1) is 42.7 Å². The zero-order chi connectivity index (χ0) is 63.5. The van der Waals surface area contributed by atoms with Gasteiger partial charge in [-0.05, 0) is 101 Å². The fourth-order valence-electron chi connectivity index (χ4n) is 10.9. The molecule has 3 heterocycles. The summed E-state index contributed by atoms with van der Waals surface area (Å²) in [5.74, 6) is -5.90. The van der Waals surface area contributed by atoms with Crippen LogP contribution in [0.25, 0.3) is 0 Å². The van der Waals surface area contributed by atoms with Crippen molar-refractivity contribution in [1.82, 2.24) is 15.5 Å². The minimum atomic E-state index is -4.18. The van der Waals surface area contributed by atoms with Crippen LogP contribution in [0.4, 0.5) is 10.5 Å². The normalized spacial score (nSPS) is 24.7. The van der Waals surface area contributed by atoms with Gasteiger partial charge < -0.3 is 59.8 Å². The molecule has 10 atom stereocenters. The van der Waals surface area contributed by atoms with Crippen LogP contribution in [0.1, 0.15) is 134 Å². The quantitative estimate of drug-likeness (QED) is 0.0539. The zero-order valence-corrected chi connectivity index (χ0v) is 52.3. The van der Waals surface area contributed by atoms with Gasteiger partial charge >= 0.3 is 18.0 Å². The zero-order valence-electron chi connectivity index (χ0n) is 50.7. The molecule has 3 aliphatic rings. The van der Waals surface area contributed by atoms with Crippen LogP contribution in [-0.2, 0) is 75.2 Å². The maximum absolute atomic E-state index is 14.5. The van der Waals surface area contributed by atoms with Crippen molar-refractivity contribution in [3.63, 3.8) is 0 Å². The predicted octanol–water partition coefficient (Wildman–Crippen LogP) is 5.91. The number of fused-ring (bicyclic) bond motifs is 5. The number of urea groups is 1. The summed E-state index contributed by atoms with van der Waals surface area (Å²) >= 11 is 6.85. The Morgan fingerprint density at radius 2 is 1.71 bits per heavy atom. The first kappa shape index (κ1) is 69.2. The number of epoxide rings is 1. The molecule has 3 aliphatic heterocycles. The molecule has 2 aromatic carbocycles. The number of carbonyl (C=O) groups excluding carboxylic acids is 9. The summed E-state index contributed by atoms with van der Waals surface area (Å²) in [6.45, 7) is 11.7. The second-order valence-electron chi connectivity index (χ2n) is 23.4. The molecule has 5 amide bonds. The number of sulfone groups is 1. The highest BCUT2D eigenvalue weighted by atomic mass is 35.5. The lowest BCUT2D eigenvalue weighted by molar-refractivity contribution is -0.187. The number of Topliss-reactive ketones (excluding diaryl/α,β-unsaturated/α-hetero) is 3. The van der Waals surface area contributed by atoms with Gasteiger partial charge in [-0.25, -0.2) is 18.0 Å². The predicted molar refractivity (Wildman–Crippen MR) is 315 cm³/mol. The van der Waals surface area contributed by atoms with Crippen molar-refractivity contribution >= 4 is 80.2 Å². The molecule has 24 heteroatoms. The van der Waals surface area contributed by atoms with Crippen LogP contribution in [0.15, 0.2) is 59.0 Å². The molecule has 0 unspecified atom stereocenters. The number of primary amides is 1. The number of carbonyl (C=O) groups is 9. The third-order valence-electron chi connectivity index (χ3n) is 16.3. The number of nitrogens with zero attached hydrogens (tertiary/aromatic N) is 2. The number of unbranched alkanes of at least 4 members (excludes halogenated alkanes) is 1. The van der Waals surface area contributed by atoms with Gasteiger partial charge in [0, 0.05) is 83.5 Å². The second-order valence-corrected chi connectivity index (χ2v) is 25.7. The first-order chi connectivity index (χ1) is 39.7. The average Bonchev–Trinajstić information content (AvgIpc) is 1.64. The van der Waals surface area contributed by atoms with E-state index in [4.69, 9.17) is 41.0 Å². The Morgan fingerprint density at radius 3 is 2.33 bits per heavy atom. The molecular formula is C61H84ClN5O17S. The van der Waals surface area contributed by atoms with E-state index >= 15 is 0 Å². The van der Waals surface area contributed by atoms with Gasteiger partial charge in [-0.1, -0.05) is 62.2 Å². The fraction of sp³-hybridized carbons (Fsp3) is 0.590. The van der Waals surface area contributed by atoms with Gasteiger partial charge in [-0.15, -0.1) is 0 Å². The molecule has 2 aromatic rings. The second kappa shape index (κ2) is 29.7. The van der Waals surface area contributed by atoms with E-state index in [0.717, 1.165) is 28.4 Å². The van der Waals surface area contributed by atoms with E-state index in [9.17, 15) is 56.7 Å². The Balaban J connectivity index is 1.42. The van der Waals surface area contributed by atoms with Crippen molar-refractivity contribution in [2.75, 3.05) is 46.0 Å². The number of esters is 2. The highest BCUT2D eigenvalue weighted by Gasteiger charge is 2.64. The minimum absolute atomic E-state index is 0.00234. The molecule has 85 heavy (non-hydrogen) atoms. The lowest BCUT2D eigenvalue weighted by atomic mass is 9.78. The average molecular weight is 1230 g/mol. The molecule has 0 aromatic heterocycles. The monoisotopic (exact) mass is 1230 g/mol. The Bertz CT molecular complexity index is 3040. The summed E-state index contributed by atoms with van der Waals surface area (Å²) in [4.78, 5) is 122. The molecule has 2 fully saturated rings. The number of likely N-dealkylation sites (N-methyl/N-ethyl adjacent to an activating group) is 1. The smallest absolute Gasteiger partial charge is 0.328 e. The highest BCUT2D eigenvalue weighted by molar-refractivity contribution is 7.90. The van der Waals surface area contributed by atoms with Crippen LogP contribution in [0.5, 0.6) is 5.75 Å². The number of benzene rings is 2. The summed E-state index contributed by atoms with van der Waals surface area (Å²) in [5.41, 5.74) is 3.85. The largest absolute Gasteiger partial charge is 0.495 e.